The fourth-order valence-corrected chi connectivity index (χ4v) is 1.53. The lowest BCUT2D eigenvalue weighted by Crippen LogP contribution is -2.57. The van der Waals surface area contributed by atoms with Crippen LogP contribution in [0, 0.1) is 0 Å². The second-order valence-corrected chi connectivity index (χ2v) is 3.77. The molecule has 1 fully saturated rings. The van der Waals surface area contributed by atoms with Crippen molar-refractivity contribution >= 4 is 11.6 Å². The van der Waals surface area contributed by atoms with Crippen LogP contribution >= 0.6 is 11.6 Å². The van der Waals surface area contributed by atoms with Crippen LogP contribution in [-0.4, -0.2) is 48.5 Å². The van der Waals surface area contributed by atoms with Gasteiger partial charge < -0.3 is 9.84 Å². The third-order valence-electron chi connectivity index (χ3n) is 2.44. The number of hydrogen-bond donors (Lipinski definition) is 1. The van der Waals surface area contributed by atoms with Gasteiger partial charge in [0.1, 0.15) is 0 Å². The van der Waals surface area contributed by atoms with Gasteiger partial charge in [-0.1, -0.05) is 17.7 Å². The Kier molecular flexibility index (Phi) is 4.19. The van der Waals surface area contributed by atoms with Crippen LogP contribution in [-0.2, 0) is 4.74 Å². The molecule has 0 aromatic rings. The van der Waals surface area contributed by atoms with Crippen molar-refractivity contribution in [3.8, 4) is 0 Å². The standard InChI is InChI=1S/C9H16ClNO2/c1-9(7-12)8-13-6-5-11(9)4-2-3-10/h2-3,12H,4-8H2,1H3/b3-2+. The largest absolute Gasteiger partial charge is 0.394 e. The lowest BCUT2D eigenvalue weighted by atomic mass is 10.0. The van der Waals surface area contributed by atoms with E-state index in [4.69, 9.17) is 16.3 Å². The summed E-state index contributed by atoms with van der Waals surface area (Å²) in [6.45, 7) is 5.03. The zero-order valence-corrected chi connectivity index (χ0v) is 8.63. The Morgan fingerprint density at radius 3 is 3.08 bits per heavy atom. The number of nitrogens with zero attached hydrogens (tertiary/aromatic N) is 1. The number of hydrogen-bond acceptors (Lipinski definition) is 3. The molecule has 1 rings (SSSR count). The summed E-state index contributed by atoms with van der Waals surface area (Å²) in [4.78, 5) is 2.18. The predicted octanol–water partition coefficient (Wildman–Crippen LogP) is 0.822. The average Bonchev–Trinajstić information content (AvgIpc) is 2.17. The van der Waals surface area contributed by atoms with Crippen molar-refractivity contribution in [3.05, 3.63) is 11.6 Å². The van der Waals surface area contributed by atoms with Gasteiger partial charge in [0, 0.05) is 18.6 Å². The van der Waals surface area contributed by atoms with Crippen molar-refractivity contribution in [2.75, 3.05) is 32.9 Å². The van der Waals surface area contributed by atoms with Crippen LogP contribution in [0.2, 0.25) is 0 Å². The van der Waals surface area contributed by atoms with Gasteiger partial charge in [-0.25, -0.2) is 0 Å². The summed E-state index contributed by atoms with van der Waals surface area (Å²) in [5.74, 6) is 0. The van der Waals surface area contributed by atoms with E-state index >= 15 is 0 Å². The molecule has 0 radical (unpaired) electrons. The molecule has 1 unspecified atom stereocenters. The maximum atomic E-state index is 9.24. The Hall–Kier alpha value is -0.0900. The molecule has 0 aromatic heterocycles. The van der Waals surface area contributed by atoms with Crippen LogP contribution in [0.15, 0.2) is 11.6 Å². The molecular weight excluding hydrogens is 190 g/mol. The minimum absolute atomic E-state index is 0.114. The first-order valence-corrected chi connectivity index (χ1v) is 4.85. The van der Waals surface area contributed by atoms with Crippen LogP contribution < -0.4 is 0 Å². The third-order valence-corrected chi connectivity index (χ3v) is 2.62. The van der Waals surface area contributed by atoms with Crippen LogP contribution in [0.5, 0.6) is 0 Å². The topological polar surface area (TPSA) is 32.7 Å². The molecule has 1 atom stereocenters. The molecule has 1 saturated heterocycles. The Morgan fingerprint density at radius 1 is 1.69 bits per heavy atom. The van der Waals surface area contributed by atoms with Gasteiger partial charge in [0.25, 0.3) is 0 Å². The second kappa shape index (κ2) is 4.96. The Balaban J connectivity index is 2.56. The summed E-state index contributed by atoms with van der Waals surface area (Å²) in [5.41, 5.74) is 1.25. The Morgan fingerprint density at radius 2 is 2.46 bits per heavy atom. The van der Waals surface area contributed by atoms with Crippen molar-refractivity contribution in [2.24, 2.45) is 0 Å². The zero-order valence-electron chi connectivity index (χ0n) is 7.87. The van der Waals surface area contributed by atoms with Crippen LogP contribution in [0.3, 0.4) is 0 Å². The van der Waals surface area contributed by atoms with Gasteiger partial charge in [-0.15, -0.1) is 0 Å². The maximum Gasteiger partial charge on any atom is 0.0670 e. The van der Waals surface area contributed by atoms with E-state index in [-0.39, 0.29) is 12.1 Å². The third kappa shape index (κ3) is 2.68. The van der Waals surface area contributed by atoms with Crippen molar-refractivity contribution in [3.63, 3.8) is 0 Å². The van der Waals surface area contributed by atoms with E-state index in [1.54, 1.807) is 0 Å². The van der Waals surface area contributed by atoms with Gasteiger partial charge in [0.2, 0.25) is 0 Å². The van der Waals surface area contributed by atoms with Gasteiger partial charge in [-0.2, -0.15) is 0 Å². The van der Waals surface area contributed by atoms with Gasteiger partial charge in [-0.3, -0.25) is 4.90 Å². The molecule has 13 heavy (non-hydrogen) atoms. The Labute approximate surface area is 83.9 Å². The maximum absolute atomic E-state index is 9.24. The average molecular weight is 206 g/mol. The van der Waals surface area contributed by atoms with Gasteiger partial charge in [0.05, 0.1) is 25.4 Å². The summed E-state index contributed by atoms with van der Waals surface area (Å²) in [7, 11) is 0. The molecule has 0 spiro atoms. The molecule has 0 bridgehead atoms. The first-order chi connectivity index (χ1) is 6.23. The van der Waals surface area contributed by atoms with Crippen molar-refractivity contribution in [2.45, 2.75) is 12.5 Å². The monoisotopic (exact) mass is 205 g/mol. The van der Waals surface area contributed by atoms with Crippen molar-refractivity contribution in [1.82, 2.24) is 4.90 Å². The molecule has 76 valence electrons. The number of aliphatic hydroxyl groups excluding tert-OH is 1. The van der Waals surface area contributed by atoms with Gasteiger partial charge in [0.15, 0.2) is 0 Å². The van der Waals surface area contributed by atoms with E-state index in [0.717, 1.165) is 19.7 Å². The highest BCUT2D eigenvalue weighted by Crippen LogP contribution is 2.18. The number of rotatable bonds is 3. The molecule has 1 aliphatic rings. The molecule has 1 heterocycles. The number of morpholine rings is 1. The highest BCUT2D eigenvalue weighted by molar-refractivity contribution is 6.25. The lowest BCUT2D eigenvalue weighted by Gasteiger charge is -2.42. The molecule has 1 aliphatic heterocycles. The zero-order chi connectivity index (χ0) is 9.73. The van der Waals surface area contributed by atoms with Crippen LogP contribution in [0.1, 0.15) is 6.92 Å². The molecular formula is C9H16ClNO2. The number of halogens is 1. The van der Waals surface area contributed by atoms with E-state index < -0.39 is 0 Å². The van der Waals surface area contributed by atoms with E-state index in [1.165, 1.54) is 5.54 Å². The van der Waals surface area contributed by atoms with Crippen LogP contribution in [0.4, 0.5) is 0 Å². The van der Waals surface area contributed by atoms with Crippen molar-refractivity contribution in [1.29, 1.82) is 0 Å². The van der Waals surface area contributed by atoms with Gasteiger partial charge in [-0.05, 0) is 6.92 Å². The molecule has 3 nitrogen and oxygen atoms in total. The smallest absolute Gasteiger partial charge is 0.0670 e. The molecule has 0 amide bonds. The van der Waals surface area contributed by atoms with Gasteiger partial charge >= 0.3 is 0 Å². The summed E-state index contributed by atoms with van der Waals surface area (Å²) >= 11 is 5.46. The summed E-state index contributed by atoms with van der Waals surface area (Å²) < 4.78 is 5.33. The van der Waals surface area contributed by atoms with E-state index in [9.17, 15) is 5.11 Å². The Bertz CT molecular complexity index is 186. The van der Waals surface area contributed by atoms with E-state index in [2.05, 4.69) is 4.90 Å². The summed E-state index contributed by atoms with van der Waals surface area (Å²) in [5, 5.41) is 9.24. The highest BCUT2D eigenvalue weighted by atomic mass is 35.5. The van der Waals surface area contributed by atoms with Crippen molar-refractivity contribution < 1.29 is 9.84 Å². The quantitative estimate of drug-likeness (QED) is 0.741. The first kappa shape index (κ1) is 11.0. The number of ether oxygens (including phenoxy) is 1. The lowest BCUT2D eigenvalue weighted by molar-refractivity contribution is -0.0769. The summed E-state index contributed by atoms with van der Waals surface area (Å²) in [6, 6.07) is 0. The molecule has 4 heteroatoms. The minimum atomic E-state index is -0.255. The predicted molar refractivity (Wildman–Crippen MR) is 52.9 cm³/mol. The minimum Gasteiger partial charge on any atom is -0.394 e. The molecule has 1 N–H and O–H groups in total. The first-order valence-electron chi connectivity index (χ1n) is 4.42. The molecule has 0 aromatic carbocycles. The number of aliphatic hydroxyl groups is 1. The molecule has 0 saturated carbocycles. The SMILES string of the molecule is CC1(CO)COCCN1C/C=C/Cl. The summed E-state index contributed by atoms with van der Waals surface area (Å²) in [6.07, 6.45) is 1.88. The highest BCUT2D eigenvalue weighted by Gasteiger charge is 2.33. The fourth-order valence-electron chi connectivity index (χ4n) is 1.45. The van der Waals surface area contributed by atoms with E-state index in [1.807, 2.05) is 13.0 Å². The van der Waals surface area contributed by atoms with E-state index in [0.29, 0.717) is 6.61 Å². The van der Waals surface area contributed by atoms with Crippen LogP contribution in [0.25, 0.3) is 0 Å². The molecule has 0 aliphatic carbocycles. The normalized spacial score (nSPS) is 31.3. The second-order valence-electron chi connectivity index (χ2n) is 3.52. The fraction of sp³-hybridized carbons (Fsp3) is 0.778.